The van der Waals surface area contributed by atoms with Crippen molar-refractivity contribution in [3.8, 4) is 5.88 Å². The Kier molecular flexibility index (Phi) is 4.45. The van der Waals surface area contributed by atoms with Gasteiger partial charge in [0.2, 0.25) is 5.82 Å². The Labute approximate surface area is 92.1 Å². The van der Waals surface area contributed by atoms with E-state index >= 15 is 0 Å². The molecule has 8 heteroatoms. The Bertz CT molecular complexity index is 354. The molecule has 1 heterocycles. The summed E-state index contributed by atoms with van der Waals surface area (Å²) < 4.78 is 35.9. The largest absolute Gasteiger partial charge is 0.491 e. The molecule has 1 rings (SSSR count). The van der Waals surface area contributed by atoms with Gasteiger partial charge in [-0.3, -0.25) is 4.79 Å². The van der Waals surface area contributed by atoms with Gasteiger partial charge in [-0.2, -0.15) is 9.37 Å². The van der Waals surface area contributed by atoms with Gasteiger partial charge in [0.1, 0.15) is 0 Å². The number of aromatic nitrogens is 2. The minimum Gasteiger partial charge on any atom is -0.491 e. The molecule has 1 aromatic heterocycles. The SMILES string of the molecule is O=c1[nH]c(C(F)F)nc(O)c1F.[Na]. The third-order valence-corrected chi connectivity index (χ3v) is 1.07. The number of halogens is 3. The van der Waals surface area contributed by atoms with Crippen LogP contribution in [0, 0.1) is 5.82 Å². The Morgan fingerprint density at radius 3 is 2.38 bits per heavy atom. The van der Waals surface area contributed by atoms with Gasteiger partial charge in [-0.15, -0.1) is 0 Å². The van der Waals surface area contributed by atoms with Crippen LogP contribution in [0.3, 0.4) is 0 Å². The van der Waals surface area contributed by atoms with Crippen LogP contribution >= 0.6 is 0 Å². The van der Waals surface area contributed by atoms with Crippen molar-refractivity contribution in [2.75, 3.05) is 0 Å². The van der Waals surface area contributed by atoms with Crippen molar-refractivity contribution in [3.05, 3.63) is 22.0 Å². The number of alkyl halides is 2. The van der Waals surface area contributed by atoms with E-state index < -0.39 is 29.5 Å². The van der Waals surface area contributed by atoms with Gasteiger partial charge in [0.25, 0.3) is 17.9 Å². The third kappa shape index (κ3) is 2.71. The number of aromatic hydroxyl groups is 1. The van der Waals surface area contributed by atoms with E-state index in [1.807, 2.05) is 0 Å². The second kappa shape index (κ2) is 4.64. The zero-order chi connectivity index (χ0) is 9.30. The number of rotatable bonds is 1. The maximum Gasteiger partial charge on any atom is 0.295 e. The first kappa shape index (κ1) is 12.5. The fraction of sp³-hybridized carbons (Fsp3) is 0.200. The third-order valence-electron chi connectivity index (χ3n) is 1.07. The Balaban J connectivity index is 0.00000144. The van der Waals surface area contributed by atoms with E-state index in [4.69, 9.17) is 5.11 Å². The molecule has 1 radical (unpaired) electrons. The molecular formula is C5H3F3N2NaO2. The van der Waals surface area contributed by atoms with Crippen LogP contribution in [-0.2, 0) is 0 Å². The van der Waals surface area contributed by atoms with Gasteiger partial charge in [0.05, 0.1) is 0 Å². The monoisotopic (exact) mass is 203 g/mol. The summed E-state index contributed by atoms with van der Waals surface area (Å²) >= 11 is 0. The topological polar surface area (TPSA) is 66.0 Å². The van der Waals surface area contributed by atoms with Crippen LogP contribution in [0.1, 0.15) is 12.2 Å². The second-order valence-electron chi connectivity index (χ2n) is 1.89. The molecule has 0 fully saturated rings. The zero-order valence-corrected chi connectivity index (χ0v) is 8.51. The number of nitrogens with zero attached hydrogens (tertiary/aromatic N) is 1. The minimum atomic E-state index is -3.05. The smallest absolute Gasteiger partial charge is 0.295 e. The first-order valence-electron chi connectivity index (χ1n) is 2.79. The molecule has 0 amide bonds. The molecular weight excluding hydrogens is 200 g/mol. The summed E-state index contributed by atoms with van der Waals surface area (Å²) in [7, 11) is 0. The maximum absolute atomic E-state index is 12.3. The summed E-state index contributed by atoms with van der Waals surface area (Å²) in [6.07, 6.45) is -3.05. The molecule has 0 saturated heterocycles. The molecule has 67 valence electrons. The Morgan fingerprint density at radius 1 is 1.46 bits per heavy atom. The predicted molar refractivity (Wildman–Crippen MR) is 37.2 cm³/mol. The first-order chi connectivity index (χ1) is 5.52. The molecule has 0 aliphatic rings. The Hall–Kier alpha value is -0.530. The van der Waals surface area contributed by atoms with Crippen LogP contribution in [0.5, 0.6) is 5.88 Å². The van der Waals surface area contributed by atoms with Gasteiger partial charge in [-0.25, -0.2) is 8.78 Å². The number of H-pyrrole nitrogens is 1. The van der Waals surface area contributed by atoms with E-state index in [1.54, 1.807) is 0 Å². The van der Waals surface area contributed by atoms with E-state index in [1.165, 1.54) is 4.98 Å². The van der Waals surface area contributed by atoms with E-state index in [9.17, 15) is 18.0 Å². The van der Waals surface area contributed by atoms with Crippen molar-refractivity contribution in [1.82, 2.24) is 9.97 Å². The van der Waals surface area contributed by atoms with Crippen LogP contribution in [0.2, 0.25) is 0 Å². The number of hydrogen-bond donors (Lipinski definition) is 2. The van der Waals surface area contributed by atoms with Gasteiger partial charge < -0.3 is 10.1 Å². The van der Waals surface area contributed by atoms with Gasteiger partial charge in [-0.05, 0) is 0 Å². The summed E-state index contributed by atoms with van der Waals surface area (Å²) in [5, 5.41) is 8.49. The van der Waals surface area contributed by atoms with Crippen molar-refractivity contribution >= 4 is 29.6 Å². The minimum absolute atomic E-state index is 0. The van der Waals surface area contributed by atoms with Crippen LogP contribution in [0.25, 0.3) is 0 Å². The van der Waals surface area contributed by atoms with Crippen LogP contribution in [-0.4, -0.2) is 44.6 Å². The fourth-order valence-electron chi connectivity index (χ4n) is 0.567. The summed E-state index contributed by atoms with van der Waals surface area (Å²) in [6.45, 7) is 0. The van der Waals surface area contributed by atoms with Crippen molar-refractivity contribution < 1.29 is 18.3 Å². The summed E-state index contributed by atoms with van der Waals surface area (Å²) in [4.78, 5) is 14.6. The van der Waals surface area contributed by atoms with Crippen molar-refractivity contribution in [2.24, 2.45) is 0 Å². The predicted octanol–water partition coefficient (Wildman–Crippen LogP) is 0.171. The van der Waals surface area contributed by atoms with E-state index in [-0.39, 0.29) is 29.6 Å². The average molecular weight is 203 g/mol. The normalized spacial score (nSPS) is 9.85. The number of nitrogens with one attached hydrogen (secondary N) is 1. The van der Waals surface area contributed by atoms with Gasteiger partial charge in [-0.1, -0.05) is 0 Å². The number of hydrogen-bond acceptors (Lipinski definition) is 3. The number of aromatic amines is 1. The quantitative estimate of drug-likeness (QED) is 0.639. The molecule has 13 heavy (non-hydrogen) atoms. The zero-order valence-electron chi connectivity index (χ0n) is 6.51. The molecule has 0 aliphatic carbocycles. The molecule has 0 unspecified atom stereocenters. The van der Waals surface area contributed by atoms with Gasteiger partial charge >= 0.3 is 0 Å². The van der Waals surface area contributed by atoms with Crippen molar-refractivity contribution in [1.29, 1.82) is 0 Å². The molecule has 0 aliphatic heterocycles. The molecule has 0 saturated carbocycles. The molecule has 1 aromatic rings. The van der Waals surface area contributed by atoms with Gasteiger partial charge in [0.15, 0.2) is 5.82 Å². The standard InChI is InChI=1S/C5H3F3N2O2.Na/c6-1-4(11)9-3(2(7)8)10-5(1)12;/h2H,(H2,9,10,11,12);. The van der Waals surface area contributed by atoms with E-state index in [0.717, 1.165) is 0 Å². The second-order valence-corrected chi connectivity index (χ2v) is 1.89. The summed E-state index contributed by atoms with van der Waals surface area (Å²) in [5.41, 5.74) is -1.42. The van der Waals surface area contributed by atoms with E-state index in [0.29, 0.717) is 0 Å². The molecule has 2 N–H and O–H groups in total. The first-order valence-corrected chi connectivity index (χ1v) is 2.79. The van der Waals surface area contributed by atoms with Gasteiger partial charge in [0, 0.05) is 29.6 Å². The Morgan fingerprint density at radius 2 is 2.00 bits per heavy atom. The maximum atomic E-state index is 12.3. The average Bonchev–Trinajstić information content (AvgIpc) is 1.99. The van der Waals surface area contributed by atoms with Crippen LogP contribution in [0.15, 0.2) is 4.79 Å². The molecule has 0 spiro atoms. The van der Waals surface area contributed by atoms with E-state index in [2.05, 4.69) is 4.98 Å². The van der Waals surface area contributed by atoms with Crippen molar-refractivity contribution in [3.63, 3.8) is 0 Å². The molecule has 0 aromatic carbocycles. The molecule has 0 bridgehead atoms. The van der Waals surface area contributed by atoms with Crippen LogP contribution in [0.4, 0.5) is 13.2 Å². The van der Waals surface area contributed by atoms with Crippen molar-refractivity contribution in [2.45, 2.75) is 6.43 Å². The summed E-state index contributed by atoms with van der Waals surface area (Å²) in [6, 6.07) is 0. The molecule has 0 atom stereocenters. The fourth-order valence-corrected chi connectivity index (χ4v) is 0.567. The molecule has 4 nitrogen and oxygen atoms in total. The summed E-state index contributed by atoms with van der Waals surface area (Å²) in [5.74, 6) is -3.95. The van der Waals surface area contributed by atoms with Crippen LogP contribution < -0.4 is 5.56 Å².